The molecule has 18 heavy (non-hydrogen) atoms. The van der Waals surface area contributed by atoms with Crippen molar-refractivity contribution in [1.29, 1.82) is 0 Å². The fourth-order valence-corrected chi connectivity index (χ4v) is 5.20. The van der Waals surface area contributed by atoms with E-state index in [4.69, 9.17) is 4.74 Å². The molecule has 0 amide bonds. The monoisotopic (exact) mass is 273 g/mol. The highest BCUT2D eigenvalue weighted by Gasteiger charge is 2.48. The lowest BCUT2D eigenvalue weighted by atomic mass is 9.91. The lowest BCUT2D eigenvalue weighted by Gasteiger charge is -2.32. The Morgan fingerprint density at radius 2 is 2.17 bits per heavy atom. The lowest BCUT2D eigenvalue weighted by Crippen LogP contribution is -2.43. The smallest absolute Gasteiger partial charge is 0.0822 e. The molecule has 3 nitrogen and oxygen atoms in total. The van der Waals surface area contributed by atoms with Crippen LogP contribution in [0.15, 0.2) is 0 Å². The van der Waals surface area contributed by atoms with Crippen molar-refractivity contribution in [1.82, 2.24) is 4.90 Å². The molecule has 0 aromatic heterocycles. The summed E-state index contributed by atoms with van der Waals surface area (Å²) in [6.45, 7) is 11.3. The van der Waals surface area contributed by atoms with Gasteiger partial charge in [0.15, 0.2) is 0 Å². The van der Waals surface area contributed by atoms with Gasteiger partial charge in [-0.15, -0.1) is 0 Å². The van der Waals surface area contributed by atoms with E-state index in [1.807, 2.05) is 13.3 Å². The van der Waals surface area contributed by atoms with Crippen LogP contribution in [-0.2, 0) is 9.30 Å². The van der Waals surface area contributed by atoms with E-state index in [9.17, 15) is 4.57 Å². The molecule has 0 saturated carbocycles. The molecule has 4 heteroatoms. The normalized spacial score (nSPS) is 33.3. The molecule has 0 aromatic rings. The van der Waals surface area contributed by atoms with Crippen molar-refractivity contribution in [2.24, 2.45) is 5.92 Å². The second-order valence-corrected chi connectivity index (χ2v) is 10.5. The van der Waals surface area contributed by atoms with E-state index >= 15 is 0 Å². The summed E-state index contributed by atoms with van der Waals surface area (Å²) in [6.07, 6.45) is 4.96. The Bertz CT molecular complexity index is 339. The predicted octanol–water partition coefficient (Wildman–Crippen LogP) is 2.89. The van der Waals surface area contributed by atoms with Crippen LogP contribution in [0, 0.1) is 5.92 Å². The summed E-state index contributed by atoms with van der Waals surface area (Å²) in [5.41, 5.74) is 0.268. The van der Waals surface area contributed by atoms with Gasteiger partial charge in [0.25, 0.3) is 0 Å². The van der Waals surface area contributed by atoms with E-state index in [1.165, 1.54) is 25.8 Å². The van der Waals surface area contributed by atoms with Gasteiger partial charge >= 0.3 is 0 Å². The minimum Gasteiger partial charge on any atom is -0.377 e. The van der Waals surface area contributed by atoms with Crippen LogP contribution in [0.3, 0.4) is 0 Å². The summed E-state index contributed by atoms with van der Waals surface area (Å²) >= 11 is 0. The van der Waals surface area contributed by atoms with Gasteiger partial charge in [-0.2, -0.15) is 0 Å². The number of hydrogen-bond acceptors (Lipinski definition) is 3. The molecule has 0 unspecified atom stereocenters. The highest BCUT2D eigenvalue weighted by molar-refractivity contribution is 7.62. The summed E-state index contributed by atoms with van der Waals surface area (Å²) in [5, 5.41) is 0. The molecule has 0 N–H and O–H groups in total. The van der Waals surface area contributed by atoms with E-state index in [2.05, 4.69) is 18.7 Å². The third-order valence-electron chi connectivity index (χ3n) is 4.27. The van der Waals surface area contributed by atoms with Crippen LogP contribution in [0.4, 0.5) is 0 Å². The third kappa shape index (κ3) is 3.37. The quantitative estimate of drug-likeness (QED) is 0.721. The molecule has 2 aliphatic heterocycles. The van der Waals surface area contributed by atoms with Gasteiger partial charge in [-0.1, -0.05) is 0 Å². The molecule has 2 saturated heterocycles. The first kappa shape index (κ1) is 14.6. The highest BCUT2D eigenvalue weighted by atomic mass is 31.2. The molecule has 0 aromatic carbocycles. The Morgan fingerprint density at radius 3 is 2.78 bits per heavy atom. The van der Waals surface area contributed by atoms with Gasteiger partial charge in [0, 0.05) is 18.2 Å². The van der Waals surface area contributed by atoms with Gasteiger partial charge in [0.1, 0.15) is 0 Å². The van der Waals surface area contributed by atoms with Crippen molar-refractivity contribution >= 4 is 7.14 Å². The average Bonchev–Trinajstić information content (AvgIpc) is 2.68. The van der Waals surface area contributed by atoms with Gasteiger partial charge in [-0.3, -0.25) is 4.90 Å². The maximum absolute atomic E-state index is 12.0. The molecular formula is C14H28NO2P. The zero-order chi connectivity index (χ0) is 13.4. The van der Waals surface area contributed by atoms with Crippen LogP contribution in [0.5, 0.6) is 0 Å². The van der Waals surface area contributed by atoms with Crippen molar-refractivity contribution < 1.29 is 9.30 Å². The number of nitrogens with zero attached hydrogens (tertiary/aromatic N) is 1. The van der Waals surface area contributed by atoms with E-state index in [-0.39, 0.29) is 5.54 Å². The van der Waals surface area contributed by atoms with E-state index in [0.717, 1.165) is 19.3 Å². The Hall–Kier alpha value is 0.150. The Balaban J connectivity index is 1.98. The molecule has 0 spiro atoms. The standard InChI is InChI=1S/C14H28NO2P/c1-12(2)17-11-14-6-5-7-15(14)9-13(8-14)10-18(3,4)16/h12-13H,5-11H2,1-4H3/t13-,14+/m1/s1. The Labute approximate surface area is 112 Å². The maximum Gasteiger partial charge on any atom is 0.0822 e. The lowest BCUT2D eigenvalue weighted by molar-refractivity contribution is 0.00293. The molecule has 2 heterocycles. The first-order chi connectivity index (χ1) is 8.31. The van der Waals surface area contributed by atoms with Crippen molar-refractivity contribution in [3.05, 3.63) is 0 Å². The van der Waals surface area contributed by atoms with Crippen molar-refractivity contribution in [2.75, 3.05) is 39.2 Å². The van der Waals surface area contributed by atoms with E-state index in [1.54, 1.807) is 0 Å². The molecular weight excluding hydrogens is 245 g/mol. The summed E-state index contributed by atoms with van der Waals surface area (Å²) in [4.78, 5) is 2.61. The number of ether oxygens (including phenoxy) is 1. The van der Waals surface area contributed by atoms with Gasteiger partial charge in [0.05, 0.1) is 19.9 Å². The molecule has 0 bridgehead atoms. The zero-order valence-corrected chi connectivity index (χ0v) is 13.2. The maximum atomic E-state index is 12.0. The van der Waals surface area contributed by atoms with E-state index in [0.29, 0.717) is 12.0 Å². The second-order valence-electron chi connectivity index (χ2n) is 6.96. The van der Waals surface area contributed by atoms with Crippen molar-refractivity contribution in [2.45, 2.75) is 44.8 Å². The van der Waals surface area contributed by atoms with Gasteiger partial charge < -0.3 is 9.30 Å². The number of fused-ring (bicyclic) bond motifs is 1. The second kappa shape index (κ2) is 5.26. The fourth-order valence-electron chi connectivity index (χ4n) is 3.71. The van der Waals surface area contributed by atoms with E-state index < -0.39 is 7.14 Å². The number of hydrogen-bond donors (Lipinski definition) is 0. The Morgan fingerprint density at radius 1 is 1.44 bits per heavy atom. The summed E-state index contributed by atoms with van der Waals surface area (Å²) in [6, 6.07) is 0. The molecule has 2 aliphatic rings. The Kier molecular flexibility index (Phi) is 4.26. The SMILES string of the molecule is CC(C)OC[C@@]12CCCN1C[C@H](CP(C)(C)=O)C2. The van der Waals surface area contributed by atoms with Crippen LogP contribution in [0.25, 0.3) is 0 Å². The predicted molar refractivity (Wildman–Crippen MR) is 77.1 cm³/mol. The molecule has 2 atom stereocenters. The van der Waals surface area contributed by atoms with Gasteiger partial charge in [-0.05, 0) is 58.9 Å². The van der Waals surface area contributed by atoms with Crippen LogP contribution >= 0.6 is 7.14 Å². The average molecular weight is 273 g/mol. The van der Waals surface area contributed by atoms with Gasteiger partial charge in [-0.25, -0.2) is 0 Å². The van der Waals surface area contributed by atoms with Crippen molar-refractivity contribution in [3.8, 4) is 0 Å². The summed E-state index contributed by atoms with van der Waals surface area (Å²) < 4.78 is 17.9. The molecule has 2 fully saturated rings. The fraction of sp³-hybridized carbons (Fsp3) is 1.00. The number of rotatable bonds is 5. The topological polar surface area (TPSA) is 29.5 Å². The minimum absolute atomic E-state index is 0.268. The first-order valence-electron chi connectivity index (χ1n) is 7.21. The third-order valence-corrected chi connectivity index (χ3v) is 5.67. The van der Waals surface area contributed by atoms with Crippen LogP contribution in [-0.4, -0.2) is 55.7 Å². The highest BCUT2D eigenvalue weighted by Crippen LogP contribution is 2.47. The molecule has 0 radical (unpaired) electrons. The first-order valence-corrected chi connectivity index (χ1v) is 10.0. The van der Waals surface area contributed by atoms with Crippen LogP contribution in [0.1, 0.15) is 33.1 Å². The van der Waals surface area contributed by atoms with Crippen LogP contribution in [0.2, 0.25) is 0 Å². The van der Waals surface area contributed by atoms with Crippen LogP contribution < -0.4 is 0 Å². The van der Waals surface area contributed by atoms with Crippen molar-refractivity contribution in [3.63, 3.8) is 0 Å². The summed E-state index contributed by atoms with van der Waals surface area (Å²) in [7, 11) is -1.89. The zero-order valence-electron chi connectivity index (χ0n) is 12.3. The minimum atomic E-state index is -1.89. The largest absolute Gasteiger partial charge is 0.377 e. The molecule has 0 aliphatic carbocycles. The molecule has 2 rings (SSSR count). The van der Waals surface area contributed by atoms with Gasteiger partial charge in [0.2, 0.25) is 0 Å². The summed E-state index contributed by atoms with van der Waals surface area (Å²) in [5.74, 6) is 0.613. The molecule has 106 valence electrons.